The van der Waals surface area contributed by atoms with Crippen molar-refractivity contribution < 1.29 is 14.9 Å². The first kappa shape index (κ1) is 23.0. The summed E-state index contributed by atoms with van der Waals surface area (Å²) in [7, 11) is 1.84. The summed E-state index contributed by atoms with van der Waals surface area (Å²) in [6.07, 6.45) is 0.659. The molecule has 0 aliphatic carbocycles. The van der Waals surface area contributed by atoms with Crippen LogP contribution in [-0.4, -0.2) is 30.4 Å². The van der Waals surface area contributed by atoms with Gasteiger partial charge in [-0.05, 0) is 65.6 Å². The smallest absolute Gasteiger partial charge is 0.161 e. The summed E-state index contributed by atoms with van der Waals surface area (Å²) in [4.78, 5) is 0. The third-order valence-electron chi connectivity index (χ3n) is 4.96. The Labute approximate surface area is 192 Å². The highest BCUT2D eigenvalue weighted by molar-refractivity contribution is 6.44. The second kappa shape index (κ2) is 10.6. The summed E-state index contributed by atoms with van der Waals surface area (Å²) in [6, 6.07) is 18.6. The Morgan fingerprint density at radius 3 is 2.29 bits per heavy atom. The van der Waals surface area contributed by atoms with E-state index in [0.717, 1.165) is 27.8 Å². The van der Waals surface area contributed by atoms with Gasteiger partial charge in [0.25, 0.3) is 0 Å². The molecule has 162 valence electrons. The maximum Gasteiger partial charge on any atom is 0.161 e. The summed E-state index contributed by atoms with van der Waals surface area (Å²) < 4.78 is 5.64. The van der Waals surface area contributed by atoms with E-state index in [2.05, 4.69) is 5.32 Å². The number of allylic oxidation sites excluding steroid dienone is 1. The molecule has 0 saturated heterocycles. The standard InChI is InChI=1S/C25H25Cl2NO3/c1-3-18(19-10-11-20(29)25(27)24(19)26)23(16-7-5-4-6-8-16)17-9-12-22(21(30)15-17)31-14-13-28-2/h4-12,15,28-30H,3,13-14H2,1-2H3/b23-18-. The van der Waals surface area contributed by atoms with E-state index in [-0.39, 0.29) is 16.5 Å². The van der Waals surface area contributed by atoms with Crippen LogP contribution in [-0.2, 0) is 0 Å². The van der Waals surface area contributed by atoms with Crippen molar-refractivity contribution in [3.8, 4) is 17.2 Å². The molecule has 0 unspecified atom stereocenters. The molecule has 0 aliphatic rings. The first-order valence-electron chi connectivity index (χ1n) is 10.0. The molecule has 3 aromatic carbocycles. The Hall–Kier alpha value is -2.66. The van der Waals surface area contributed by atoms with Gasteiger partial charge >= 0.3 is 0 Å². The first-order valence-corrected chi connectivity index (χ1v) is 10.8. The highest BCUT2D eigenvalue weighted by Gasteiger charge is 2.19. The fourth-order valence-electron chi connectivity index (χ4n) is 3.45. The van der Waals surface area contributed by atoms with Gasteiger partial charge in [0.2, 0.25) is 0 Å². The zero-order valence-corrected chi connectivity index (χ0v) is 19.0. The van der Waals surface area contributed by atoms with Gasteiger partial charge in [0, 0.05) is 6.54 Å². The van der Waals surface area contributed by atoms with Gasteiger partial charge < -0.3 is 20.3 Å². The van der Waals surface area contributed by atoms with Crippen LogP contribution in [0.25, 0.3) is 11.1 Å². The van der Waals surface area contributed by atoms with Crippen molar-refractivity contribution in [3.63, 3.8) is 0 Å². The van der Waals surface area contributed by atoms with E-state index in [9.17, 15) is 10.2 Å². The van der Waals surface area contributed by atoms with Crippen molar-refractivity contribution in [2.75, 3.05) is 20.2 Å². The van der Waals surface area contributed by atoms with Crippen molar-refractivity contribution >= 4 is 34.3 Å². The van der Waals surface area contributed by atoms with Crippen molar-refractivity contribution in [1.29, 1.82) is 0 Å². The number of ether oxygens (including phenoxy) is 1. The summed E-state index contributed by atoms with van der Waals surface area (Å²) in [5.41, 5.74) is 4.40. The van der Waals surface area contributed by atoms with Crippen LogP contribution in [0.4, 0.5) is 0 Å². The number of likely N-dealkylation sites (N-methyl/N-ethyl adjacent to an activating group) is 1. The number of rotatable bonds is 8. The lowest BCUT2D eigenvalue weighted by molar-refractivity contribution is 0.300. The second-order valence-corrected chi connectivity index (χ2v) is 7.72. The fourth-order valence-corrected chi connectivity index (χ4v) is 3.89. The zero-order chi connectivity index (χ0) is 22.4. The minimum Gasteiger partial charge on any atom is -0.506 e. The van der Waals surface area contributed by atoms with E-state index in [1.54, 1.807) is 18.2 Å². The lowest BCUT2D eigenvalue weighted by atomic mass is 9.88. The van der Waals surface area contributed by atoms with E-state index in [0.29, 0.717) is 30.3 Å². The number of hydrogen-bond donors (Lipinski definition) is 3. The van der Waals surface area contributed by atoms with Crippen LogP contribution in [0.2, 0.25) is 10.0 Å². The Morgan fingerprint density at radius 1 is 0.903 bits per heavy atom. The maximum atomic E-state index is 10.6. The Kier molecular flexibility index (Phi) is 7.85. The van der Waals surface area contributed by atoms with Crippen LogP contribution in [0.1, 0.15) is 30.0 Å². The maximum absolute atomic E-state index is 10.6. The molecule has 0 heterocycles. The molecule has 6 heteroatoms. The van der Waals surface area contributed by atoms with Crippen LogP contribution < -0.4 is 10.1 Å². The van der Waals surface area contributed by atoms with E-state index in [1.807, 2.05) is 50.4 Å². The van der Waals surface area contributed by atoms with Gasteiger partial charge in [-0.15, -0.1) is 0 Å². The van der Waals surface area contributed by atoms with Gasteiger partial charge in [-0.3, -0.25) is 0 Å². The molecule has 0 amide bonds. The molecule has 0 atom stereocenters. The number of phenols is 2. The molecule has 0 fully saturated rings. The Bertz CT molecular complexity index is 1080. The van der Waals surface area contributed by atoms with Crippen LogP contribution in [0.15, 0.2) is 60.7 Å². The predicted molar refractivity (Wildman–Crippen MR) is 128 cm³/mol. The average Bonchev–Trinajstić information content (AvgIpc) is 2.78. The van der Waals surface area contributed by atoms with E-state index >= 15 is 0 Å². The van der Waals surface area contributed by atoms with Crippen LogP contribution >= 0.6 is 23.2 Å². The minimum absolute atomic E-state index is 0.0622. The molecule has 0 radical (unpaired) electrons. The molecular formula is C25H25Cl2NO3. The Balaban J connectivity index is 2.20. The largest absolute Gasteiger partial charge is 0.506 e. The molecule has 3 rings (SSSR count). The molecule has 0 bridgehead atoms. The molecule has 4 nitrogen and oxygen atoms in total. The number of phenolic OH excluding ortho intramolecular Hbond substituents is 2. The van der Waals surface area contributed by atoms with Crippen LogP contribution in [0.3, 0.4) is 0 Å². The SMILES string of the molecule is CC/C(=C(\c1ccccc1)c1ccc(OCCNC)c(O)c1)c1ccc(O)c(Cl)c1Cl. The highest BCUT2D eigenvalue weighted by Crippen LogP contribution is 2.43. The average molecular weight is 458 g/mol. The van der Waals surface area contributed by atoms with Crippen LogP contribution in [0.5, 0.6) is 17.2 Å². The van der Waals surface area contributed by atoms with Crippen LogP contribution in [0, 0.1) is 0 Å². The van der Waals surface area contributed by atoms with Gasteiger partial charge in [0.1, 0.15) is 17.4 Å². The van der Waals surface area contributed by atoms with Gasteiger partial charge in [-0.2, -0.15) is 0 Å². The third-order valence-corrected chi connectivity index (χ3v) is 5.83. The number of hydrogen-bond acceptors (Lipinski definition) is 4. The lowest BCUT2D eigenvalue weighted by Gasteiger charge is -2.19. The van der Waals surface area contributed by atoms with Crippen molar-refractivity contribution in [2.24, 2.45) is 0 Å². The van der Waals surface area contributed by atoms with E-state index in [4.69, 9.17) is 27.9 Å². The minimum atomic E-state index is -0.0622. The lowest BCUT2D eigenvalue weighted by Crippen LogP contribution is -2.15. The number of nitrogens with one attached hydrogen (secondary N) is 1. The number of halogens is 2. The van der Waals surface area contributed by atoms with Gasteiger partial charge in [0.15, 0.2) is 11.5 Å². The molecule has 3 N–H and O–H groups in total. The summed E-state index contributed by atoms with van der Waals surface area (Å²) in [6.45, 7) is 3.16. The molecule has 0 aromatic heterocycles. The third kappa shape index (κ3) is 5.16. The zero-order valence-electron chi connectivity index (χ0n) is 17.5. The second-order valence-electron chi connectivity index (χ2n) is 6.97. The molecule has 31 heavy (non-hydrogen) atoms. The topological polar surface area (TPSA) is 61.7 Å². The molecule has 3 aromatic rings. The number of aromatic hydroxyl groups is 2. The highest BCUT2D eigenvalue weighted by atomic mass is 35.5. The van der Waals surface area contributed by atoms with Gasteiger partial charge in [-0.1, -0.05) is 66.5 Å². The van der Waals surface area contributed by atoms with Gasteiger partial charge in [0.05, 0.1) is 5.02 Å². The quantitative estimate of drug-likeness (QED) is 0.271. The monoisotopic (exact) mass is 457 g/mol. The summed E-state index contributed by atoms with van der Waals surface area (Å²) >= 11 is 12.7. The number of benzene rings is 3. The van der Waals surface area contributed by atoms with Crippen molar-refractivity contribution in [3.05, 3.63) is 87.4 Å². The molecular weight excluding hydrogens is 433 g/mol. The Morgan fingerprint density at radius 2 is 1.65 bits per heavy atom. The fraction of sp³-hybridized carbons (Fsp3) is 0.200. The van der Waals surface area contributed by atoms with E-state index < -0.39 is 0 Å². The first-order chi connectivity index (χ1) is 15.0. The van der Waals surface area contributed by atoms with Crippen molar-refractivity contribution in [2.45, 2.75) is 13.3 Å². The normalized spacial score (nSPS) is 11.9. The molecule has 0 spiro atoms. The predicted octanol–water partition coefficient (Wildman–Crippen LogP) is 6.37. The van der Waals surface area contributed by atoms with E-state index in [1.165, 1.54) is 6.07 Å². The summed E-state index contributed by atoms with van der Waals surface area (Å²) in [5, 5.41) is 23.9. The summed E-state index contributed by atoms with van der Waals surface area (Å²) in [5.74, 6) is 0.426. The molecule has 0 saturated carbocycles. The van der Waals surface area contributed by atoms with Crippen molar-refractivity contribution in [1.82, 2.24) is 5.32 Å². The van der Waals surface area contributed by atoms with Gasteiger partial charge in [-0.25, -0.2) is 0 Å². The molecule has 0 aliphatic heterocycles.